The SMILES string of the molecule is CN(C)c1ccc(C2=C3[C@@H](CC[C@@]4(O)CC5(CC[C@H]34)OCCO5)[C@@H]3CC[C@](O)(C4(C)OCCO4)[C@@]3(C)C2)cc1. The van der Waals surface area contributed by atoms with Gasteiger partial charge in [0.15, 0.2) is 11.6 Å². The van der Waals surface area contributed by atoms with Crippen molar-refractivity contribution in [3.63, 3.8) is 0 Å². The highest BCUT2D eigenvalue weighted by Gasteiger charge is 2.71. The number of benzene rings is 1. The Kier molecular flexibility index (Phi) is 5.94. The van der Waals surface area contributed by atoms with Crippen molar-refractivity contribution in [2.24, 2.45) is 23.2 Å². The lowest BCUT2D eigenvalue weighted by atomic mass is 9.49. The molecule has 3 saturated carbocycles. The van der Waals surface area contributed by atoms with Crippen LogP contribution in [0.3, 0.4) is 0 Å². The lowest BCUT2D eigenvalue weighted by Crippen LogP contribution is -2.63. The van der Waals surface area contributed by atoms with Gasteiger partial charge in [-0.3, -0.25) is 0 Å². The van der Waals surface area contributed by atoms with Crippen LogP contribution in [0, 0.1) is 23.2 Å². The third kappa shape index (κ3) is 3.63. The predicted octanol–water partition coefficient (Wildman–Crippen LogP) is 4.50. The van der Waals surface area contributed by atoms with E-state index in [4.69, 9.17) is 18.9 Å². The van der Waals surface area contributed by atoms with Crippen LogP contribution in [0.2, 0.25) is 0 Å². The molecule has 2 N–H and O–H groups in total. The number of nitrogens with zero attached hydrogens (tertiary/aromatic N) is 1. The van der Waals surface area contributed by atoms with Gasteiger partial charge in [-0.05, 0) is 80.6 Å². The van der Waals surface area contributed by atoms with E-state index in [1.807, 2.05) is 6.92 Å². The Hall–Kier alpha value is -1.48. The second-order valence-electron chi connectivity index (χ2n) is 13.7. The molecule has 214 valence electrons. The van der Waals surface area contributed by atoms with Gasteiger partial charge in [0.2, 0.25) is 0 Å². The van der Waals surface area contributed by atoms with Gasteiger partial charge in [0.05, 0.1) is 32.0 Å². The van der Waals surface area contributed by atoms with Crippen molar-refractivity contribution in [3.8, 4) is 0 Å². The zero-order valence-corrected chi connectivity index (χ0v) is 24.0. The first-order valence-electron chi connectivity index (χ1n) is 15.0. The zero-order valence-electron chi connectivity index (χ0n) is 24.0. The fourth-order valence-electron chi connectivity index (χ4n) is 9.83. The maximum absolute atomic E-state index is 12.5. The second-order valence-corrected chi connectivity index (χ2v) is 13.7. The summed E-state index contributed by atoms with van der Waals surface area (Å²) >= 11 is 0. The van der Waals surface area contributed by atoms with E-state index in [1.54, 1.807) is 0 Å². The molecule has 2 heterocycles. The van der Waals surface area contributed by atoms with Gasteiger partial charge >= 0.3 is 0 Å². The van der Waals surface area contributed by atoms with E-state index in [0.717, 1.165) is 44.2 Å². The summed E-state index contributed by atoms with van der Waals surface area (Å²) < 4.78 is 24.5. The number of rotatable bonds is 3. The highest BCUT2D eigenvalue weighted by molar-refractivity contribution is 5.74. The first-order chi connectivity index (χ1) is 18.5. The number of fused-ring (bicyclic) bond motifs is 5. The number of anilines is 1. The van der Waals surface area contributed by atoms with E-state index in [2.05, 4.69) is 50.2 Å². The van der Waals surface area contributed by atoms with Crippen LogP contribution in [0.5, 0.6) is 0 Å². The molecule has 5 fully saturated rings. The Morgan fingerprint density at radius 2 is 1.49 bits per heavy atom. The van der Waals surface area contributed by atoms with Crippen molar-refractivity contribution in [2.75, 3.05) is 45.4 Å². The molecule has 7 heteroatoms. The third-order valence-corrected chi connectivity index (χ3v) is 11.8. The number of ether oxygens (including phenoxy) is 4. The molecule has 7 rings (SSSR count). The summed E-state index contributed by atoms with van der Waals surface area (Å²) in [4.78, 5) is 2.12. The molecule has 2 saturated heterocycles. The Morgan fingerprint density at radius 1 is 0.821 bits per heavy atom. The molecule has 4 aliphatic carbocycles. The molecule has 0 radical (unpaired) electrons. The number of hydrogen-bond donors (Lipinski definition) is 2. The average molecular weight is 540 g/mol. The fraction of sp³-hybridized carbons (Fsp3) is 0.750. The van der Waals surface area contributed by atoms with Gasteiger partial charge in [-0.1, -0.05) is 24.6 Å². The summed E-state index contributed by atoms with van der Waals surface area (Å²) in [5.74, 6) is -0.930. The predicted molar refractivity (Wildman–Crippen MR) is 148 cm³/mol. The minimum absolute atomic E-state index is 0.0750. The Bertz CT molecular complexity index is 1150. The fourth-order valence-corrected chi connectivity index (χ4v) is 9.83. The van der Waals surface area contributed by atoms with Crippen LogP contribution in [-0.4, -0.2) is 73.5 Å². The normalized spacial score (nSPS) is 42.4. The summed E-state index contributed by atoms with van der Waals surface area (Å²) in [6.07, 6.45) is 6.22. The zero-order chi connectivity index (χ0) is 27.3. The maximum Gasteiger partial charge on any atom is 0.195 e. The van der Waals surface area contributed by atoms with Crippen LogP contribution >= 0.6 is 0 Å². The molecule has 39 heavy (non-hydrogen) atoms. The van der Waals surface area contributed by atoms with Crippen LogP contribution in [0.25, 0.3) is 5.57 Å². The first kappa shape index (κ1) is 26.4. The third-order valence-electron chi connectivity index (χ3n) is 11.8. The van der Waals surface area contributed by atoms with E-state index in [0.29, 0.717) is 51.1 Å². The van der Waals surface area contributed by atoms with Crippen molar-refractivity contribution in [1.82, 2.24) is 0 Å². The van der Waals surface area contributed by atoms with E-state index in [1.165, 1.54) is 16.7 Å². The topological polar surface area (TPSA) is 80.6 Å². The molecule has 0 bridgehead atoms. The average Bonchev–Trinajstić information content (AvgIpc) is 3.62. The van der Waals surface area contributed by atoms with Crippen LogP contribution in [-0.2, 0) is 18.9 Å². The van der Waals surface area contributed by atoms with Crippen LogP contribution in [0.4, 0.5) is 5.69 Å². The molecule has 1 aromatic rings. The molecule has 7 nitrogen and oxygen atoms in total. The van der Waals surface area contributed by atoms with Gasteiger partial charge in [0.25, 0.3) is 0 Å². The Morgan fingerprint density at radius 3 is 2.15 bits per heavy atom. The lowest BCUT2D eigenvalue weighted by Gasteiger charge is -2.59. The molecular formula is C32H45NO6. The summed E-state index contributed by atoms with van der Waals surface area (Å²) in [5.41, 5.74) is 2.77. The summed E-state index contributed by atoms with van der Waals surface area (Å²) in [6, 6.07) is 8.83. The molecular weight excluding hydrogens is 494 g/mol. The number of hydrogen-bond acceptors (Lipinski definition) is 7. The van der Waals surface area contributed by atoms with Gasteiger partial charge < -0.3 is 34.1 Å². The van der Waals surface area contributed by atoms with Crippen molar-refractivity contribution in [1.29, 1.82) is 0 Å². The largest absolute Gasteiger partial charge is 0.389 e. The van der Waals surface area contributed by atoms with Gasteiger partial charge in [0, 0.05) is 44.0 Å². The standard InChI is InChI=1S/C32H45NO6/c1-28-19-24(21-5-7-22(8-6-21)33(3)4)27-23(25(28)11-14-32(28,35)29(2)36-15-16-37-29)9-12-30(34)20-31(13-10-26(27)30)38-17-18-39-31/h5-8,23,25-26,34-35H,9-20H2,1-4H3/t23-,25-,26+,28-,30+,32+/m0/s1. The van der Waals surface area contributed by atoms with Crippen molar-refractivity contribution >= 4 is 11.3 Å². The smallest absolute Gasteiger partial charge is 0.195 e. The molecule has 2 aliphatic heterocycles. The van der Waals surface area contributed by atoms with Crippen molar-refractivity contribution in [3.05, 3.63) is 35.4 Å². The van der Waals surface area contributed by atoms with Crippen molar-refractivity contribution in [2.45, 2.75) is 88.0 Å². The number of allylic oxidation sites excluding steroid dienone is 1. The minimum Gasteiger partial charge on any atom is -0.389 e. The van der Waals surface area contributed by atoms with Crippen molar-refractivity contribution < 1.29 is 29.2 Å². The molecule has 6 atom stereocenters. The van der Waals surface area contributed by atoms with Gasteiger partial charge in [-0.2, -0.15) is 0 Å². The second kappa shape index (κ2) is 8.76. The summed E-state index contributed by atoms with van der Waals surface area (Å²) in [6.45, 7) is 6.48. The van der Waals surface area contributed by atoms with E-state index in [9.17, 15) is 10.2 Å². The minimum atomic E-state index is -1.09. The summed E-state index contributed by atoms with van der Waals surface area (Å²) in [7, 11) is 4.12. The molecule has 1 spiro atoms. The molecule has 0 amide bonds. The van der Waals surface area contributed by atoms with Crippen LogP contribution in [0.15, 0.2) is 29.8 Å². The first-order valence-corrected chi connectivity index (χ1v) is 15.0. The van der Waals surface area contributed by atoms with Gasteiger partial charge in [-0.25, -0.2) is 0 Å². The lowest BCUT2D eigenvalue weighted by molar-refractivity contribution is -0.293. The van der Waals surface area contributed by atoms with E-state index >= 15 is 0 Å². The molecule has 1 aromatic carbocycles. The summed E-state index contributed by atoms with van der Waals surface area (Å²) in [5, 5.41) is 24.8. The van der Waals surface area contributed by atoms with Crippen LogP contribution < -0.4 is 4.90 Å². The van der Waals surface area contributed by atoms with Gasteiger partial charge in [0.1, 0.15) is 5.60 Å². The Balaban J connectivity index is 1.35. The van der Waals surface area contributed by atoms with Crippen LogP contribution in [0.1, 0.15) is 70.8 Å². The quantitative estimate of drug-likeness (QED) is 0.585. The van der Waals surface area contributed by atoms with E-state index < -0.39 is 28.2 Å². The highest BCUT2D eigenvalue weighted by Crippen LogP contribution is 2.69. The molecule has 0 unspecified atom stereocenters. The molecule has 6 aliphatic rings. The van der Waals surface area contributed by atoms with E-state index in [-0.39, 0.29) is 5.92 Å². The number of aliphatic hydroxyl groups is 2. The Labute approximate surface area is 232 Å². The monoisotopic (exact) mass is 539 g/mol. The highest BCUT2D eigenvalue weighted by atomic mass is 16.8. The maximum atomic E-state index is 12.5. The van der Waals surface area contributed by atoms with Gasteiger partial charge in [-0.15, -0.1) is 0 Å². The molecule has 0 aromatic heterocycles.